The molecule has 5 rings (SSSR count). The van der Waals surface area contributed by atoms with Crippen LogP contribution in [0.15, 0.2) is 42.5 Å². The number of Topliss-reactive ketones (excluding diaryl/α,β-unsaturated/α-hetero) is 1. The van der Waals surface area contributed by atoms with Gasteiger partial charge >= 0.3 is 0 Å². The van der Waals surface area contributed by atoms with Crippen molar-refractivity contribution in [2.75, 3.05) is 24.5 Å². The highest BCUT2D eigenvalue weighted by molar-refractivity contribution is 6.01. The number of amides is 1. The van der Waals surface area contributed by atoms with Crippen molar-refractivity contribution in [2.24, 2.45) is 5.92 Å². The number of nitrogens with zero attached hydrogens (tertiary/aromatic N) is 2. The molecule has 2 aromatic rings. The highest BCUT2D eigenvalue weighted by Crippen LogP contribution is 2.46. The van der Waals surface area contributed by atoms with E-state index in [0.717, 1.165) is 63.1 Å². The molecule has 32 heavy (non-hydrogen) atoms. The second-order valence-electron chi connectivity index (χ2n) is 9.91. The Balaban J connectivity index is 1.19. The molecule has 1 saturated heterocycles. The lowest BCUT2D eigenvalue weighted by Gasteiger charge is -2.32. The van der Waals surface area contributed by atoms with E-state index < -0.39 is 0 Å². The molecule has 0 aromatic heterocycles. The Morgan fingerprint density at radius 3 is 2.53 bits per heavy atom. The summed E-state index contributed by atoms with van der Waals surface area (Å²) in [5.41, 5.74) is 5.91. The van der Waals surface area contributed by atoms with Crippen LogP contribution >= 0.6 is 0 Å². The van der Waals surface area contributed by atoms with Gasteiger partial charge in [-0.15, -0.1) is 0 Å². The molecule has 0 saturated carbocycles. The van der Waals surface area contributed by atoms with Crippen molar-refractivity contribution in [3.63, 3.8) is 0 Å². The zero-order valence-electron chi connectivity index (χ0n) is 19.2. The molecule has 0 spiro atoms. The normalized spacial score (nSPS) is 20.9. The maximum absolute atomic E-state index is 13.2. The molecule has 0 bridgehead atoms. The van der Waals surface area contributed by atoms with Crippen molar-refractivity contribution in [1.29, 1.82) is 0 Å². The van der Waals surface area contributed by atoms with Gasteiger partial charge in [-0.25, -0.2) is 0 Å². The van der Waals surface area contributed by atoms with E-state index in [4.69, 9.17) is 0 Å². The third-order valence-electron chi connectivity index (χ3n) is 7.83. The molecular formula is C28H34N2O2. The van der Waals surface area contributed by atoms with Gasteiger partial charge in [0.1, 0.15) is 0 Å². The quantitative estimate of drug-likeness (QED) is 0.580. The molecule has 4 nitrogen and oxygen atoms in total. The molecule has 3 aliphatic rings. The Labute approximate surface area is 191 Å². The smallest absolute Gasteiger partial charge is 0.223 e. The van der Waals surface area contributed by atoms with Gasteiger partial charge in [0.25, 0.3) is 0 Å². The molecule has 1 aliphatic carbocycles. The van der Waals surface area contributed by atoms with Gasteiger partial charge in [0.2, 0.25) is 5.91 Å². The molecule has 0 N–H and O–H groups in total. The topological polar surface area (TPSA) is 40.6 Å². The van der Waals surface area contributed by atoms with Crippen LogP contribution in [0.2, 0.25) is 0 Å². The largest absolute Gasteiger partial charge is 0.312 e. The highest BCUT2D eigenvalue weighted by atomic mass is 16.2. The van der Waals surface area contributed by atoms with Crippen LogP contribution in [0.1, 0.15) is 78.4 Å². The predicted molar refractivity (Wildman–Crippen MR) is 128 cm³/mol. The fourth-order valence-electron chi connectivity index (χ4n) is 6.09. The summed E-state index contributed by atoms with van der Waals surface area (Å²) in [4.78, 5) is 29.8. The molecule has 168 valence electrons. The third-order valence-corrected chi connectivity index (χ3v) is 7.83. The second-order valence-corrected chi connectivity index (χ2v) is 9.91. The summed E-state index contributed by atoms with van der Waals surface area (Å²) in [6.07, 6.45) is 7.24. The number of likely N-dealkylation sites (tertiary alicyclic amines) is 1. The van der Waals surface area contributed by atoms with E-state index in [2.05, 4.69) is 35.2 Å². The predicted octanol–water partition coefficient (Wildman–Crippen LogP) is 5.35. The van der Waals surface area contributed by atoms with E-state index in [9.17, 15) is 9.59 Å². The number of carbonyl (C=O) groups is 2. The summed E-state index contributed by atoms with van der Waals surface area (Å²) < 4.78 is 0. The molecular weight excluding hydrogens is 396 g/mol. The zero-order valence-corrected chi connectivity index (χ0v) is 19.2. The molecule has 1 amide bonds. The number of piperidine rings is 1. The maximum Gasteiger partial charge on any atom is 0.223 e. The van der Waals surface area contributed by atoms with E-state index >= 15 is 0 Å². The number of hydrogen-bond donors (Lipinski definition) is 0. The summed E-state index contributed by atoms with van der Waals surface area (Å²) in [6, 6.07) is 14.7. The second kappa shape index (κ2) is 9.19. The lowest BCUT2D eigenvalue weighted by molar-refractivity contribution is -0.116. The van der Waals surface area contributed by atoms with Gasteiger partial charge in [0.15, 0.2) is 5.78 Å². The number of carbonyl (C=O) groups excluding carboxylic acids is 2. The lowest BCUT2D eigenvalue weighted by atomic mass is 9.80. The van der Waals surface area contributed by atoms with Crippen LogP contribution in [-0.2, 0) is 17.8 Å². The number of ketones is 1. The van der Waals surface area contributed by atoms with E-state index in [0.29, 0.717) is 24.0 Å². The average molecular weight is 431 g/mol. The highest BCUT2D eigenvalue weighted by Gasteiger charge is 2.36. The molecule has 1 fully saturated rings. The maximum atomic E-state index is 13.2. The Kier molecular flexibility index (Phi) is 6.14. The van der Waals surface area contributed by atoms with Crippen LogP contribution < -0.4 is 4.90 Å². The molecule has 0 radical (unpaired) electrons. The first kappa shape index (κ1) is 21.4. The lowest BCUT2D eigenvalue weighted by Crippen LogP contribution is -2.33. The van der Waals surface area contributed by atoms with Crippen LogP contribution in [0.25, 0.3) is 0 Å². The van der Waals surface area contributed by atoms with Crippen molar-refractivity contribution in [2.45, 2.75) is 64.3 Å². The number of anilines is 1. The zero-order chi connectivity index (χ0) is 22.1. The van der Waals surface area contributed by atoms with Crippen LogP contribution in [-0.4, -0.2) is 36.2 Å². The van der Waals surface area contributed by atoms with Gasteiger partial charge in [-0.2, -0.15) is 0 Å². The van der Waals surface area contributed by atoms with Gasteiger partial charge in [0, 0.05) is 43.6 Å². The fraction of sp³-hybridized carbons (Fsp3) is 0.500. The van der Waals surface area contributed by atoms with E-state index in [-0.39, 0.29) is 5.91 Å². The molecule has 1 atom stereocenters. The average Bonchev–Trinajstić information content (AvgIpc) is 3.20. The Morgan fingerprint density at radius 1 is 1.00 bits per heavy atom. The van der Waals surface area contributed by atoms with Crippen molar-refractivity contribution in [3.8, 4) is 0 Å². The van der Waals surface area contributed by atoms with Crippen LogP contribution in [0.5, 0.6) is 0 Å². The first-order chi connectivity index (χ1) is 15.6. The first-order valence-corrected chi connectivity index (χ1v) is 12.3. The van der Waals surface area contributed by atoms with Gasteiger partial charge in [-0.3, -0.25) is 14.5 Å². The SMILES string of the molecule is CC(=O)N1CC2CCCc3c(C(=O)CCC4CCN(Cc5ccccc5)CC4)ccc1c32. The number of hydrogen-bond acceptors (Lipinski definition) is 3. The van der Waals surface area contributed by atoms with E-state index in [1.165, 1.54) is 29.5 Å². The minimum atomic E-state index is 0.110. The fourth-order valence-corrected chi connectivity index (χ4v) is 6.09. The van der Waals surface area contributed by atoms with Gasteiger partial charge in [0.05, 0.1) is 0 Å². The first-order valence-electron chi connectivity index (χ1n) is 12.3. The monoisotopic (exact) mass is 430 g/mol. The van der Waals surface area contributed by atoms with E-state index in [1.54, 1.807) is 6.92 Å². The van der Waals surface area contributed by atoms with Crippen molar-refractivity contribution < 1.29 is 9.59 Å². The van der Waals surface area contributed by atoms with Crippen LogP contribution in [0.4, 0.5) is 5.69 Å². The number of rotatable bonds is 6. The van der Waals surface area contributed by atoms with Crippen LogP contribution in [0.3, 0.4) is 0 Å². The van der Waals surface area contributed by atoms with Crippen LogP contribution in [0, 0.1) is 5.92 Å². The van der Waals surface area contributed by atoms with Crippen molar-refractivity contribution in [1.82, 2.24) is 4.90 Å². The third kappa shape index (κ3) is 4.25. The number of benzene rings is 2. The minimum Gasteiger partial charge on any atom is -0.312 e. The minimum absolute atomic E-state index is 0.110. The van der Waals surface area contributed by atoms with E-state index in [1.807, 2.05) is 17.0 Å². The Hall–Kier alpha value is -2.46. The molecule has 1 unspecified atom stereocenters. The van der Waals surface area contributed by atoms with Crippen molar-refractivity contribution in [3.05, 3.63) is 64.7 Å². The summed E-state index contributed by atoms with van der Waals surface area (Å²) in [6.45, 7) is 5.72. The van der Waals surface area contributed by atoms with Crippen molar-refractivity contribution >= 4 is 17.4 Å². The summed E-state index contributed by atoms with van der Waals surface area (Å²) >= 11 is 0. The summed E-state index contributed by atoms with van der Waals surface area (Å²) in [5.74, 6) is 1.48. The van der Waals surface area contributed by atoms with Gasteiger partial charge in [-0.05, 0) is 86.4 Å². The Morgan fingerprint density at radius 2 is 1.78 bits per heavy atom. The standard InChI is InChI=1S/C28H34N2O2/c1-20(31)30-19-23-8-5-9-25-24(11-12-26(30)28(23)25)27(32)13-10-21-14-16-29(17-15-21)18-22-6-3-2-4-7-22/h2-4,6-7,11-12,21,23H,5,8-10,13-19H2,1H3. The molecule has 4 heteroatoms. The molecule has 2 heterocycles. The molecule has 2 aromatic carbocycles. The summed E-state index contributed by atoms with van der Waals surface area (Å²) in [5, 5.41) is 0. The summed E-state index contributed by atoms with van der Waals surface area (Å²) in [7, 11) is 0. The van der Waals surface area contributed by atoms with Gasteiger partial charge in [-0.1, -0.05) is 30.3 Å². The molecule has 2 aliphatic heterocycles. The van der Waals surface area contributed by atoms with Gasteiger partial charge < -0.3 is 4.90 Å². The Bertz CT molecular complexity index is 992.